The Morgan fingerprint density at radius 1 is 1.64 bits per heavy atom. The van der Waals surface area contributed by atoms with Crippen LogP contribution in [-0.4, -0.2) is 19.0 Å². The number of hydrogen-bond donors (Lipinski definition) is 2. The van der Waals surface area contributed by atoms with Crippen molar-refractivity contribution in [1.29, 1.82) is 0 Å². The Balaban J connectivity index is 2.23. The minimum atomic E-state index is -0.102. The average Bonchev–Trinajstić information content (AvgIpc) is 2.74. The molecule has 3 nitrogen and oxygen atoms in total. The van der Waals surface area contributed by atoms with Crippen molar-refractivity contribution < 1.29 is 4.79 Å². The van der Waals surface area contributed by atoms with Crippen LogP contribution in [0.15, 0.2) is 0 Å². The normalized spacial score (nSPS) is 42.1. The van der Waals surface area contributed by atoms with Crippen molar-refractivity contribution in [3.05, 3.63) is 0 Å². The molecule has 0 radical (unpaired) electrons. The maximum atomic E-state index is 11.4. The van der Waals surface area contributed by atoms with Gasteiger partial charge in [-0.3, -0.25) is 4.79 Å². The van der Waals surface area contributed by atoms with Crippen molar-refractivity contribution in [2.75, 3.05) is 13.1 Å². The van der Waals surface area contributed by atoms with Gasteiger partial charge in [0.2, 0.25) is 5.91 Å². The second kappa shape index (κ2) is 3.54. The highest BCUT2D eigenvalue weighted by atomic mass is 16.1. The van der Waals surface area contributed by atoms with Crippen LogP contribution >= 0.6 is 0 Å². The zero-order valence-electron chi connectivity index (χ0n) is 8.88. The molecule has 1 aliphatic heterocycles. The Kier molecular flexibility index (Phi) is 2.52. The van der Waals surface area contributed by atoms with Crippen molar-refractivity contribution in [3.8, 4) is 0 Å². The van der Waals surface area contributed by atoms with Gasteiger partial charge in [-0.05, 0) is 24.2 Å². The second-order valence-corrected chi connectivity index (χ2v) is 4.82. The summed E-state index contributed by atoms with van der Waals surface area (Å²) in [6, 6.07) is 0. The van der Waals surface area contributed by atoms with Gasteiger partial charge in [-0.25, -0.2) is 0 Å². The molecule has 1 saturated carbocycles. The van der Waals surface area contributed by atoms with E-state index in [0.717, 1.165) is 13.1 Å². The van der Waals surface area contributed by atoms with Crippen LogP contribution in [0.1, 0.15) is 32.6 Å². The Hall–Kier alpha value is -0.570. The molecule has 3 heteroatoms. The van der Waals surface area contributed by atoms with E-state index in [9.17, 15) is 4.79 Å². The summed E-state index contributed by atoms with van der Waals surface area (Å²) in [5.41, 5.74) is 5.70. The summed E-state index contributed by atoms with van der Waals surface area (Å²) >= 11 is 0. The molecular formula is C11H20N2O. The predicted octanol–water partition coefficient (Wildman–Crippen LogP) is 0.888. The first-order chi connectivity index (χ1) is 6.70. The molecule has 0 bridgehead atoms. The van der Waals surface area contributed by atoms with Crippen LogP contribution in [0.25, 0.3) is 0 Å². The highest BCUT2D eigenvalue weighted by Crippen LogP contribution is 2.51. The largest absolute Gasteiger partial charge is 0.369 e. The molecule has 2 aliphatic rings. The Labute approximate surface area is 85.4 Å². The van der Waals surface area contributed by atoms with E-state index < -0.39 is 0 Å². The molecule has 14 heavy (non-hydrogen) atoms. The molecule has 80 valence electrons. The SMILES string of the molecule is CCC1CCCC12CNCC2C(N)=O. The van der Waals surface area contributed by atoms with Crippen LogP contribution in [0.3, 0.4) is 0 Å². The van der Waals surface area contributed by atoms with E-state index in [2.05, 4.69) is 12.2 Å². The number of hydrogen-bond acceptors (Lipinski definition) is 2. The fourth-order valence-corrected chi connectivity index (χ4v) is 3.63. The van der Waals surface area contributed by atoms with Gasteiger partial charge >= 0.3 is 0 Å². The van der Waals surface area contributed by atoms with Crippen LogP contribution in [0.2, 0.25) is 0 Å². The van der Waals surface area contributed by atoms with Crippen molar-refractivity contribution >= 4 is 5.91 Å². The molecule has 1 spiro atoms. The van der Waals surface area contributed by atoms with Gasteiger partial charge in [0.05, 0.1) is 5.92 Å². The van der Waals surface area contributed by atoms with E-state index in [0.29, 0.717) is 5.92 Å². The average molecular weight is 196 g/mol. The standard InChI is InChI=1S/C11H20N2O/c1-2-8-4-3-5-11(8)7-13-6-9(11)10(12)14/h8-9,13H,2-7H2,1H3,(H2,12,14). The Morgan fingerprint density at radius 3 is 3.07 bits per heavy atom. The lowest BCUT2D eigenvalue weighted by molar-refractivity contribution is -0.125. The lowest BCUT2D eigenvalue weighted by Crippen LogP contribution is -2.41. The molecule has 1 saturated heterocycles. The molecule has 3 unspecified atom stereocenters. The molecule has 1 aliphatic carbocycles. The fraction of sp³-hybridized carbons (Fsp3) is 0.909. The summed E-state index contributed by atoms with van der Waals surface area (Å²) in [5, 5.41) is 3.35. The van der Waals surface area contributed by atoms with E-state index >= 15 is 0 Å². The first kappa shape index (κ1) is 9.97. The number of amides is 1. The van der Waals surface area contributed by atoms with Crippen LogP contribution in [-0.2, 0) is 4.79 Å². The van der Waals surface area contributed by atoms with Gasteiger partial charge in [0.15, 0.2) is 0 Å². The molecule has 1 amide bonds. The summed E-state index contributed by atoms with van der Waals surface area (Å²) < 4.78 is 0. The van der Waals surface area contributed by atoms with E-state index in [1.807, 2.05) is 0 Å². The van der Waals surface area contributed by atoms with Gasteiger partial charge in [-0.15, -0.1) is 0 Å². The lowest BCUT2D eigenvalue weighted by atomic mass is 9.69. The van der Waals surface area contributed by atoms with Gasteiger partial charge in [0.1, 0.15) is 0 Å². The quantitative estimate of drug-likeness (QED) is 0.689. The van der Waals surface area contributed by atoms with E-state index in [1.54, 1.807) is 0 Å². The van der Waals surface area contributed by atoms with E-state index in [-0.39, 0.29) is 17.2 Å². The van der Waals surface area contributed by atoms with Crippen LogP contribution < -0.4 is 11.1 Å². The molecule has 2 rings (SSSR count). The monoisotopic (exact) mass is 196 g/mol. The fourth-order valence-electron chi connectivity index (χ4n) is 3.63. The summed E-state index contributed by atoms with van der Waals surface area (Å²) in [6.07, 6.45) is 4.92. The van der Waals surface area contributed by atoms with E-state index in [4.69, 9.17) is 5.73 Å². The third-order valence-electron chi connectivity index (χ3n) is 4.34. The zero-order chi connectivity index (χ0) is 10.2. The van der Waals surface area contributed by atoms with Gasteiger partial charge in [-0.1, -0.05) is 19.8 Å². The zero-order valence-corrected chi connectivity index (χ0v) is 8.88. The Bertz CT molecular complexity index is 237. The molecule has 1 heterocycles. The maximum absolute atomic E-state index is 11.4. The number of nitrogens with one attached hydrogen (secondary N) is 1. The van der Waals surface area contributed by atoms with Crippen molar-refractivity contribution in [3.63, 3.8) is 0 Å². The van der Waals surface area contributed by atoms with Gasteiger partial charge in [-0.2, -0.15) is 0 Å². The molecule has 0 aromatic carbocycles. The summed E-state index contributed by atoms with van der Waals surface area (Å²) in [6.45, 7) is 4.03. The minimum Gasteiger partial charge on any atom is -0.369 e. The maximum Gasteiger partial charge on any atom is 0.222 e. The predicted molar refractivity (Wildman–Crippen MR) is 55.6 cm³/mol. The van der Waals surface area contributed by atoms with Gasteiger partial charge < -0.3 is 11.1 Å². The number of carbonyl (C=O) groups is 1. The summed E-state index contributed by atoms with van der Waals surface area (Å²) in [4.78, 5) is 11.4. The van der Waals surface area contributed by atoms with Crippen molar-refractivity contribution in [2.45, 2.75) is 32.6 Å². The van der Waals surface area contributed by atoms with Crippen LogP contribution in [0.4, 0.5) is 0 Å². The third-order valence-corrected chi connectivity index (χ3v) is 4.34. The minimum absolute atomic E-state index is 0.0787. The summed E-state index contributed by atoms with van der Waals surface area (Å²) in [7, 11) is 0. The smallest absolute Gasteiger partial charge is 0.222 e. The number of rotatable bonds is 2. The molecule has 0 aromatic heterocycles. The molecule has 3 atom stereocenters. The number of carbonyl (C=O) groups excluding carboxylic acids is 1. The van der Waals surface area contributed by atoms with Gasteiger partial charge in [0.25, 0.3) is 0 Å². The van der Waals surface area contributed by atoms with Crippen molar-refractivity contribution in [1.82, 2.24) is 5.32 Å². The molecule has 2 fully saturated rings. The first-order valence-corrected chi connectivity index (χ1v) is 5.70. The van der Waals surface area contributed by atoms with Crippen molar-refractivity contribution in [2.24, 2.45) is 23.0 Å². The Morgan fingerprint density at radius 2 is 2.43 bits per heavy atom. The second-order valence-electron chi connectivity index (χ2n) is 4.82. The molecule has 3 N–H and O–H groups in total. The van der Waals surface area contributed by atoms with Crippen LogP contribution in [0.5, 0.6) is 0 Å². The molecule has 0 aromatic rings. The van der Waals surface area contributed by atoms with E-state index in [1.165, 1.54) is 25.7 Å². The highest BCUT2D eigenvalue weighted by molar-refractivity contribution is 5.78. The van der Waals surface area contributed by atoms with Gasteiger partial charge in [0, 0.05) is 13.1 Å². The topological polar surface area (TPSA) is 55.1 Å². The number of nitrogens with two attached hydrogens (primary N) is 1. The number of primary amides is 1. The third kappa shape index (κ3) is 1.26. The van der Waals surface area contributed by atoms with Crippen LogP contribution in [0, 0.1) is 17.3 Å². The lowest BCUT2D eigenvalue weighted by Gasteiger charge is -2.34. The summed E-state index contributed by atoms with van der Waals surface area (Å²) in [5.74, 6) is 0.681. The highest BCUT2D eigenvalue weighted by Gasteiger charge is 2.52. The molecular weight excluding hydrogens is 176 g/mol. The first-order valence-electron chi connectivity index (χ1n) is 5.70.